The monoisotopic (exact) mass is 225 g/mol. The van der Waals surface area contributed by atoms with E-state index >= 15 is 0 Å². The van der Waals surface area contributed by atoms with E-state index < -0.39 is 11.5 Å². The number of hydrogen-bond donors (Lipinski definition) is 2. The fraction of sp³-hybridized carbons (Fsp3) is 0.444. The number of thioether (sulfide) groups is 1. The van der Waals surface area contributed by atoms with Crippen molar-refractivity contribution in [2.75, 3.05) is 11.6 Å². The van der Waals surface area contributed by atoms with Gasteiger partial charge in [0.15, 0.2) is 0 Å². The Morgan fingerprint density at radius 2 is 2.33 bits per heavy atom. The van der Waals surface area contributed by atoms with Crippen LogP contribution in [0.15, 0.2) is 17.4 Å². The summed E-state index contributed by atoms with van der Waals surface area (Å²) < 4.78 is 0. The predicted octanol–water partition coefficient (Wildman–Crippen LogP) is 1.23. The van der Waals surface area contributed by atoms with Gasteiger partial charge in [-0.2, -0.15) is 0 Å². The molecule has 1 fully saturated rings. The molecule has 0 amide bonds. The molecule has 0 bridgehead atoms. The van der Waals surface area contributed by atoms with E-state index in [9.17, 15) is 4.79 Å². The summed E-state index contributed by atoms with van der Waals surface area (Å²) in [6, 6.07) is 1.76. The van der Waals surface area contributed by atoms with Crippen LogP contribution in [-0.4, -0.2) is 32.8 Å². The lowest BCUT2D eigenvalue weighted by Crippen LogP contribution is -2.31. The maximum absolute atomic E-state index is 10.9. The SMILES string of the molecule is CSc1cc(NC2(C(=O)O)CC2)ncn1. The third kappa shape index (κ3) is 2.04. The van der Waals surface area contributed by atoms with E-state index in [0.717, 1.165) is 5.03 Å². The highest BCUT2D eigenvalue weighted by molar-refractivity contribution is 7.98. The zero-order chi connectivity index (χ0) is 10.9. The zero-order valence-corrected chi connectivity index (χ0v) is 9.04. The second kappa shape index (κ2) is 3.69. The van der Waals surface area contributed by atoms with Gasteiger partial charge in [0, 0.05) is 6.07 Å². The van der Waals surface area contributed by atoms with Crippen molar-refractivity contribution in [2.24, 2.45) is 0 Å². The number of aliphatic carboxylic acids is 1. The van der Waals surface area contributed by atoms with Crippen LogP contribution in [0.25, 0.3) is 0 Å². The molecule has 1 saturated carbocycles. The van der Waals surface area contributed by atoms with Crippen LogP contribution in [0.3, 0.4) is 0 Å². The molecule has 1 aromatic rings. The molecule has 1 aliphatic carbocycles. The van der Waals surface area contributed by atoms with E-state index in [1.165, 1.54) is 18.1 Å². The number of carbonyl (C=O) groups is 1. The maximum Gasteiger partial charge on any atom is 0.329 e. The van der Waals surface area contributed by atoms with Crippen molar-refractivity contribution in [3.63, 3.8) is 0 Å². The van der Waals surface area contributed by atoms with Crippen molar-refractivity contribution < 1.29 is 9.90 Å². The second-order valence-electron chi connectivity index (χ2n) is 3.46. The molecule has 6 heteroatoms. The Bertz CT molecular complexity index is 393. The Morgan fingerprint density at radius 3 is 2.87 bits per heavy atom. The Labute approximate surface area is 91.3 Å². The number of nitrogens with zero attached hydrogens (tertiary/aromatic N) is 2. The van der Waals surface area contributed by atoms with Crippen LogP contribution in [0.1, 0.15) is 12.8 Å². The lowest BCUT2D eigenvalue weighted by molar-refractivity contribution is -0.138. The van der Waals surface area contributed by atoms with Gasteiger partial charge in [0.05, 0.1) is 0 Å². The molecule has 0 aliphatic heterocycles. The van der Waals surface area contributed by atoms with Gasteiger partial charge in [0.2, 0.25) is 0 Å². The van der Waals surface area contributed by atoms with Gasteiger partial charge in [0.1, 0.15) is 22.7 Å². The zero-order valence-electron chi connectivity index (χ0n) is 8.23. The van der Waals surface area contributed by atoms with Gasteiger partial charge in [-0.05, 0) is 19.1 Å². The normalized spacial score (nSPS) is 17.1. The fourth-order valence-corrected chi connectivity index (χ4v) is 1.66. The summed E-state index contributed by atoms with van der Waals surface area (Å²) in [5.41, 5.74) is -0.788. The highest BCUT2D eigenvalue weighted by atomic mass is 32.2. The number of carboxylic acid groups (broad SMARTS) is 1. The molecule has 1 aromatic heterocycles. The van der Waals surface area contributed by atoms with E-state index in [0.29, 0.717) is 18.7 Å². The molecule has 0 spiro atoms. The highest BCUT2D eigenvalue weighted by Crippen LogP contribution is 2.38. The van der Waals surface area contributed by atoms with Gasteiger partial charge >= 0.3 is 5.97 Å². The van der Waals surface area contributed by atoms with E-state index in [4.69, 9.17) is 5.11 Å². The first-order chi connectivity index (χ1) is 7.16. The Kier molecular flexibility index (Phi) is 2.52. The molecule has 0 saturated heterocycles. The second-order valence-corrected chi connectivity index (χ2v) is 4.28. The van der Waals surface area contributed by atoms with Crippen LogP contribution in [-0.2, 0) is 4.79 Å². The quantitative estimate of drug-likeness (QED) is 0.593. The minimum Gasteiger partial charge on any atom is -0.480 e. The first-order valence-electron chi connectivity index (χ1n) is 4.54. The molecule has 80 valence electrons. The standard InChI is InChI=1S/C9H11N3O2S/c1-15-7-4-6(10-5-11-7)12-9(2-3-9)8(13)14/h4-5H,2-3H2,1H3,(H,13,14)(H,10,11,12). The molecule has 0 atom stereocenters. The lowest BCUT2D eigenvalue weighted by atomic mass is 10.3. The first kappa shape index (κ1) is 10.2. The van der Waals surface area contributed by atoms with Gasteiger partial charge in [-0.25, -0.2) is 14.8 Å². The minimum atomic E-state index is -0.813. The van der Waals surface area contributed by atoms with Crippen molar-refractivity contribution in [3.05, 3.63) is 12.4 Å². The summed E-state index contributed by atoms with van der Waals surface area (Å²) in [4.78, 5) is 18.9. The van der Waals surface area contributed by atoms with Crippen LogP contribution in [0.2, 0.25) is 0 Å². The molecule has 0 unspecified atom stereocenters. The third-order valence-corrected chi connectivity index (χ3v) is 3.02. The summed E-state index contributed by atoms with van der Waals surface area (Å²) in [6.07, 6.45) is 4.66. The Morgan fingerprint density at radius 1 is 1.60 bits per heavy atom. The van der Waals surface area contributed by atoms with Gasteiger partial charge in [-0.3, -0.25) is 0 Å². The summed E-state index contributed by atoms with van der Waals surface area (Å²) >= 11 is 1.50. The molecule has 0 radical (unpaired) electrons. The van der Waals surface area contributed by atoms with Gasteiger partial charge in [-0.1, -0.05) is 0 Å². The number of carboxylic acids is 1. The molecule has 1 heterocycles. The summed E-state index contributed by atoms with van der Waals surface area (Å²) in [5, 5.41) is 12.7. The topological polar surface area (TPSA) is 75.1 Å². The van der Waals surface area contributed by atoms with Crippen molar-refractivity contribution in [3.8, 4) is 0 Å². The number of rotatable bonds is 4. The Balaban J connectivity index is 2.14. The average molecular weight is 225 g/mol. The van der Waals surface area contributed by atoms with E-state index in [-0.39, 0.29) is 0 Å². The van der Waals surface area contributed by atoms with Gasteiger partial charge in [-0.15, -0.1) is 11.8 Å². The van der Waals surface area contributed by atoms with Crippen LogP contribution < -0.4 is 5.32 Å². The lowest BCUT2D eigenvalue weighted by Gasteiger charge is -2.12. The van der Waals surface area contributed by atoms with E-state index in [1.807, 2.05) is 6.26 Å². The highest BCUT2D eigenvalue weighted by Gasteiger charge is 2.50. The first-order valence-corrected chi connectivity index (χ1v) is 5.76. The van der Waals surface area contributed by atoms with Crippen molar-refractivity contribution >= 4 is 23.5 Å². The number of hydrogen-bond acceptors (Lipinski definition) is 5. The smallest absolute Gasteiger partial charge is 0.329 e. The van der Waals surface area contributed by atoms with Crippen LogP contribution in [0, 0.1) is 0 Å². The molecule has 1 aliphatic rings. The van der Waals surface area contributed by atoms with Crippen molar-refractivity contribution in [2.45, 2.75) is 23.4 Å². The molecule has 15 heavy (non-hydrogen) atoms. The molecular formula is C9H11N3O2S. The predicted molar refractivity (Wildman–Crippen MR) is 57.0 cm³/mol. The van der Waals surface area contributed by atoms with E-state index in [1.54, 1.807) is 6.07 Å². The maximum atomic E-state index is 10.9. The fourth-order valence-electron chi connectivity index (χ4n) is 1.28. The number of aromatic nitrogens is 2. The van der Waals surface area contributed by atoms with Crippen molar-refractivity contribution in [1.82, 2.24) is 9.97 Å². The summed E-state index contributed by atoms with van der Waals surface area (Å²) in [7, 11) is 0. The average Bonchev–Trinajstić information content (AvgIpc) is 2.99. The van der Waals surface area contributed by atoms with Crippen LogP contribution in [0.4, 0.5) is 5.82 Å². The van der Waals surface area contributed by atoms with Gasteiger partial charge in [0.25, 0.3) is 0 Å². The molecule has 5 nitrogen and oxygen atoms in total. The van der Waals surface area contributed by atoms with E-state index in [2.05, 4.69) is 15.3 Å². The van der Waals surface area contributed by atoms with Gasteiger partial charge < -0.3 is 10.4 Å². The number of nitrogens with one attached hydrogen (secondary N) is 1. The minimum absolute atomic E-state index is 0.578. The molecule has 2 rings (SSSR count). The van der Waals surface area contributed by atoms with Crippen LogP contribution >= 0.6 is 11.8 Å². The number of anilines is 1. The summed E-state index contributed by atoms with van der Waals surface area (Å²) in [6.45, 7) is 0. The Hall–Kier alpha value is -1.30. The molecule has 2 N–H and O–H groups in total. The molecule has 0 aromatic carbocycles. The summed E-state index contributed by atoms with van der Waals surface area (Å²) in [5.74, 6) is -0.235. The molecular weight excluding hydrogens is 214 g/mol. The third-order valence-electron chi connectivity index (χ3n) is 2.38. The van der Waals surface area contributed by atoms with Crippen molar-refractivity contribution in [1.29, 1.82) is 0 Å². The largest absolute Gasteiger partial charge is 0.480 e. The van der Waals surface area contributed by atoms with Crippen LogP contribution in [0.5, 0.6) is 0 Å².